The van der Waals surface area contributed by atoms with Crippen molar-refractivity contribution in [2.45, 2.75) is 37.6 Å². The fourth-order valence-corrected chi connectivity index (χ4v) is 3.01. The minimum Gasteiger partial charge on any atom is -0.381 e. The van der Waals surface area contributed by atoms with Gasteiger partial charge < -0.3 is 14.6 Å². The van der Waals surface area contributed by atoms with Crippen molar-refractivity contribution < 1.29 is 9.26 Å². The Kier molecular flexibility index (Phi) is 6.16. The second-order valence-electron chi connectivity index (χ2n) is 5.97. The van der Waals surface area contributed by atoms with E-state index in [0.29, 0.717) is 6.04 Å². The summed E-state index contributed by atoms with van der Waals surface area (Å²) in [5, 5.41) is 7.38. The normalized spacial score (nSPS) is 18.2. The van der Waals surface area contributed by atoms with Crippen molar-refractivity contribution in [3.63, 3.8) is 0 Å². The van der Waals surface area contributed by atoms with E-state index in [1.165, 1.54) is 5.56 Å². The summed E-state index contributed by atoms with van der Waals surface area (Å²) in [6.45, 7) is 3.55. The molecule has 1 N–H and O–H groups in total. The first-order valence-electron chi connectivity index (χ1n) is 7.88. The zero-order valence-corrected chi connectivity index (χ0v) is 14.4. The monoisotopic (exact) mass is 337 g/mol. The van der Waals surface area contributed by atoms with Gasteiger partial charge in [0.1, 0.15) is 0 Å². The maximum atomic E-state index is 5.66. The molecule has 0 radical (unpaired) electrons. The lowest BCUT2D eigenvalue weighted by Gasteiger charge is -2.34. The lowest BCUT2D eigenvalue weighted by molar-refractivity contribution is 0.0523. The number of nitrogens with zero attached hydrogens (tertiary/aromatic N) is 2. The van der Waals surface area contributed by atoms with Crippen molar-refractivity contribution in [1.29, 1.82) is 0 Å². The molecule has 1 aliphatic rings. The first kappa shape index (κ1) is 17.9. The molecule has 126 valence electrons. The van der Waals surface area contributed by atoms with Gasteiger partial charge in [-0.15, -0.1) is 12.4 Å². The summed E-state index contributed by atoms with van der Waals surface area (Å²) in [7, 11) is 1.94. The van der Waals surface area contributed by atoms with Gasteiger partial charge in [-0.2, -0.15) is 4.98 Å². The molecule has 1 aromatic carbocycles. The minimum atomic E-state index is -0.215. The maximum absolute atomic E-state index is 5.66. The third-order valence-corrected chi connectivity index (χ3v) is 4.53. The van der Waals surface area contributed by atoms with Crippen LogP contribution in [0, 0.1) is 0 Å². The van der Waals surface area contributed by atoms with Gasteiger partial charge in [0, 0.05) is 25.7 Å². The van der Waals surface area contributed by atoms with Gasteiger partial charge in [0.25, 0.3) is 0 Å². The smallest absolute Gasteiger partial charge is 0.237 e. The molecule has 6 heteroatoms. The Morgan fingerprint density at radius 1 is 1.22 bits per heavy atom. The number of aromatic nitrogens is 2. The van der Waals surface area contributed by atoms with Crippen LogP contribution in [-0.4, -0.2) is 36.4 Å². The number of nitrogens with one attached hydrogen (secondary N) is 1. The minimum absolute atomic E-state index is 0. The molecule has 1 atom stereocenters. The number of benzene rings is 1. The topological polar surface area (TPSA) is 60.2 Å². The first-order chi connectivity index (χ1) is 10.7. The lowest BCUT2D eigenvalue weighted by atomic mass is 9.74. The van der Waals surface area contributed by atoms with Crippen LogP contribution in [0.2, 0.25) is 0 Å². The van der Waals surface area contributed by atoms with Crippen molar-refractivity contribution >= 4 is 12.4 Å². The molecule has 0 amide bonds. The van der Waals surface area contributed by atoms with E-state index in [1.54, 1.807) is 0 Å². The Morgan fingerprint density at radius 3 is 2.57 bits per heavy atom. The van der Waals surface area contributed by atoms with Crippen molar-refractivity contribution in [1.82, 2.24) is 15.5 Å². The molecule has 2 aromatic rings. The molecule has 0 saturated carbocycles. The molecule has 23 heavy (non-hydrogen) atoms. The summed E-state index contributed by atoms with van der Waals surface area (Å²) in [5.41, 5.74) is 1.02. The number of likely N-dealkylation sites (N-methyl/N-ethyl adjacent to an activating group) is 1. The predicted molar refractivity (Wildman–Crippen MR) is 91.0 cm³/mol. The number of hydrogen-bond donors (Lipinski definition) is 1. The summed E-state index contributed by atoms with van der Waals surface area (Å²) in [5.74, 6) is 1.49. The quantitative estimate of drug-likeness (QED) is 0.909. The van der Waals surface area contributed by atoms with Crippen molar-refractivity contribution in [3.8, 4) is 0 Å². The molecule has 1 fully saturated rings. The van der Waals surface area contributed by atoms with Crippen LogP contribution in [-0.2, 0) is 16.6 Å². The van der Waals surface area contributed by atoms with Crippen LogP contribution >= 0.6 is 12.4 Å². The molecule has 1 aromatic heterocycles. The summed E-state index contributed by atoms with van der Waals surface area (Å²) < 4.78 is 11.2. The van der Waals surface area contributed by atoms with Crippen LogP contribution in [0.25, 0.3) is 0 Å². The third kappa shape index (κ3) is 3.74. The number of rotatable bonds is 5. The number of halogens is 1. The van der Waals surface area contributed by atoms with E-state index in [4.69, 9.17) is 14.2 Å². The Labute approximate surface area is 143 Å². The van der Waals surface area contributed by atoms with Gasteiger partial charge in [-0.3, -0.25) is 0 Å². The summed E-state index contributed by atoms with van der Waals surface area (Å²) in [6, 6.07) is 10.8. The van der Waals surface area contributed by atoms with E-state index in [9.17, 15) is 0 Å². The van der Waals surface area contributed by atoms with E-state index in [-0.39, 0.29) is 17.8 Å². The van der Waals surface area contributed by atoms with E-state index < -0.39 is 0 Å². The standard InChI is InChI=1S/C17H23N3O2.ClH/c1-13(18-2)12-15-19-16(22-20-15)17(8-10-21-11-9-17)14-6-4-3-5-7-14;/h3-7,13,18H,8-12H2,1-2H3;1H. The zero-order chi connectivity index (χ0) is 15.4. The molecule has 0 bridgehead atoms. The van der Waals surface area contributed by atoms with Crippen LogP contribution in [0.15, 0.2) is 34.9 Å². The van der Waals surface area contributed by atoms with Gasteiger partial charge in [0.15, 0.2) is 5.82 Å². The Bertz CT molecular complexity index is 597. The van der Waals surface area contributed by atoms with Crippen LogP contribution in [0.3, 0.4) is 0 Å². The fraction of sp³-hybridized carbons (Fsp3) is 0.529. The highest BCUT2D eigenvalue weighted by Gasteiger charge is 2.41. The van der Waals surface area contributed by atoms with Gasteiger partial charge in [-0.1, -0.05) is 35.5 Å². The second kappa shape index (κ2) is 7.90. The summed E-state index contributed by atoms with van der Waals surface area (Å²) in [6.07, 6.45) is 2.52. The van der Waals surface area contributed by atoms with Gasteiger partial charge in [0.05, 0.1) is 5.41 Å². The molecule has 0 spiro atoms. The molecular formula is C17H24ClN3O2. The second-order valence-corrected chi connectivity index (χ2v) is 5.97. The van der Waals surface area contributed by atoms with E-state index in [0.717, 1.165) is 44.2 Å². The number of ether oxygens (including phenoxy) is 1. The van der Waals surface area contributed by atoms with Gasteiger partial charge >= 0.3 is 0 Å². The van der Waals surface area contributed by atoms with E-state index in [1.807, 2.05) is 13.1 Å². The molecular weight excluding hydrogens is 314 g/mol. The average molecular weight is 338 g/mol. The Hall–Kier alpha value is -1.43. The molecule has 2 heterocycles. The Balaban J connectivity index is 0.00000192. The highest BCUT2D eigenvalue weighted by molar-refractivity contribution is 5.85. The van der Waals surface area contributed by atoms with E-state index >= 15 is 0 Å². The number of hydrogen-bond acceptors (Lipinski definition) is 5. The van der Waals surface area contributed by atoms with Crippen LogP contribution in [0.1, 0.15) is 37.0 Å². The van der Waals surface area contributed by atoms with Crippen LogP contribution in [0.5, 0.6) is 0 Å². The van der Waals surface area contributed by atoms with Crippen LogP contribution < -0.4 is 5.32 Å². The van der Waals surface area contributed by atoms with Gasteiger partial charge in [-0.05, 0) is 32.4 Å². The SMILES string of the molecule is CNC(C)Cc1noc(C2(c3ccccc3)CCOCC2)n1.Cl. The van der Waals surface area contributed by atoms with Crippen LogP contribution in [0.4, 0.5) is 0 Å². The first-order valence-corrected chi connectivity index (χ1v) is 7.88. The maximum Gasteiger partial charge on any atom is 0.237 e. The summed E-state index contributed by atoms with van der Waals surface area (Å²) >= 11 is 0. The van der Waals surface area contributed by atoms with Gasteiger partial charge in [-0.25, -0.2) is 0 Å². The zero-order valence-electron chi connectivity index (χ0n) is 13.6. The highest BCUT2D eigenvalue weighted by atomic mass is 35.5. The van der Waals surface area contributed by atoms with E-state index in [2.05, 4.69) is 41.7 Å². The fourth-order valence-electron chi connectivity index (χ4n) is 3.01. The lowest BCUT2D eigenvalue weighted by Crippen LogP contribution is -2.35. The molecule has 1 aliphatic heterocycles. The summed E-state index contributed by atoms with van der Waals surface area (Å²) in [4.78, 5) is 4.70. The largest absolute Gasteiger partial charge is 0.381 e. The van der Waals surface area contributed by atoms with Crippen molar-refractivity contribution in [2.75, 3.05) is 20.3 Å². The third-order valence-electron chi connectivity index (χ3n) is 4.53. The molecule has 0 aliphatic carbocycles. The Morgan fingerprint density at radius 2 is 1.91 bits per heavy atom. The molecule has 3 rings (SSSR count). The predicted octanol–water partition coefficient (Wildman–Crippen LogP) is 2.74. The van der Waals surface area contributed by atoms with Crippen molar-refractivity contribution in [3.05, 3.63) is 47.6 Å². The van der Waals surface area contributed by atoms with Crippen molar-refractivity contribution in [2.24, 2.45) is 0 Å². The van der Waals surface area contributed by atoms with Gasteiger partial charge in [0.2, 0.25) is 5.89 Å². The molecule has 1 unspecified atom stereocenters. The molecule has 1 saturated heterocycles. The highest BCUT2D eigenvalue weighted by Crippen LogP contribution is 2.40. The average Bonchev–Trinajstić information content (AvgIpc) is 3.05. The molecule has 5 nitrogen and oxygen atoms in total.